The maximum Gasteiger partial charge on any atom is 0.330 e. The SMILES string of the molecule is COC(=O)C(C)(N)c1ccc(C)c(C)c1. The molecule has 3 nitrogen and oxygen atoms in total. The third-order valence-corrected chi connectivity index (χ3v) is 2.72. The fourth-order valence-corrected chi connectivity index (χ4v) is 1.39. The van der Waals surface area contributed by atoms with Gasteiger partial charge in [-0.05, 0) is 37.5 Å². The van der Waals surface area contributed by atoms with E-state index in [1.807, 2.05) is 32.0 Å². The van der Waals surface area contributed by atoms with E-state index in [9.17, 15) is 4.79 Å². The van der Waals surface area contributed by atoms with Crippen molar-refractivity contribution in [3.05, 3.63) is 34.9 Å². The standard InChI is InChI=1S/C12H17NO2/c1-8-5-6-10(7-9(8)2)12(3,13)11(14)15-4/h5-7H,13H2,1-4H3. The molecule has 0 saturated heterocycles. The van der Waals surface area contributed by atoms with Crippen molar-refractivity contribution >= 4 is 5.97 Å². The van der Waals surface area contributed by atoms with Crippen LogP contribution < -0.4 is 5.73 Å². The number of benzene rings is 1. The Labute approximate surface area is 90.2 Å². The molecule has 0 aliphatic rings. The van der Waals surface area contributed by atoms with Gasteiger partial charge in [0.05, 0.1) is 7.11 Å². The van der Waals surface area contributed by atoms with Gasteiger partial charge in [-0.25, -0.2) is 4.79 Å². The number of hydrogen-bond donors (Lipinski definition) is 1. The predicted octanol–water partition coefficient (Wildman–Crippen LogP) is 1.65. The van der Waals surface area contributed by atoms with Crippen LogP contribution in [0.15, 0.2) is 18.2 Å². The first kappa shape index (κ1) is 11.7. The Morgan fingerprint density at radius 2 is 1.93 bits per heavy atom. The topological polar surface area (TPSA) is 52.3 Å². The summed E-state index contributed by atoms with van der Waals surface area (Å²) < 4.78 is 4.68. The second-order valence-electron chi connectivity index (χ2n) is 3.99. The average molecular weight is 207 g/mol. The zero-order valence-corrected chi connectivity index (χ0v) is 9.63. The quantitative estimate of drug-likeness (QED) is 0.750. The first-order valence-corrected chi connectivity index (χ1v) is 4.84. The molecule has 1 aromatic carbocycles. The predicted molar refractivity (Wildman–Crippen MR) is 59.5 cm³/mol. The summed E-state index contributed by atoms with van der Waals surface area (Å²) in [5.41, 5.74) is 7.93. The van der Waals surface area contributed by atoms with Gasteiger partial charge in [0.2, 0.25) is 0 Å². The summed E-state index contributed by atoms with van der Waals surface area (Å²) in [6, 6.07) is 5.74. The van der Waals surface area contributed by atoms with Gasteiger partial charge in [-0.2, -0.15) is 0 Å². The van der Waals surface area contributed by atoms with E-state index in [1.165, 1.54) is 12.7 Å². The van der Waals surface area contributed by atoms with Crippen LogP contribution in [0.3, 0.4) is 0 Å². The fraction of sp³-hybridized carbons (Fsp3) is 0.417. The summed E-state index contributed by atoms with van der Waals surface area (Å²) in [4.78, 5) is 11.5. The molecule has 1 atom stereocenters. The molecule has 0 spiro atoms. The molecule has 0 aliphatic heterocycles. The van der Waals surface area contributed by atoms with E-state index in [4.69, 9.17) is 5.73 Å². The lowest BCUT2D eigenvalue weighted by Gasteiger charge is -2.22. The molecule has 0 fully saturated rings. The van der Waals surface area contributed by atoms with Crippen molar-refractivity contribution in [2.45, 2.75) is 26.3 Å². The molecule has 3 heteroatoms. The minimum atomic E-state index is -1.08. The third kappa shape index (κ3) is 2.18. The highest BCUT2D eigenvalue weighted by molar-refractivity contribution is 5.81. The molecule has 2 N–H and O–H groups in total. The van der Waals surface area contributed by atoms with Crippen LogP contribution in [0.1, 0.15) is 23.6 Å². The highest BCUT2D eigenvalue weighted by Crippen LogP contribution is 2.21. The molecule has 1 aromatic rings. The van der Waals surface area contributed by atoms with Gasteiger partial charge >= 0.3 is 5.97 Å². The Morgan fingerprint density at radius 3 is 2.40 bits per heavy atom. The number of nitrogens with two attached hydrogens (primary N) is 1. The molecule has 0 amide bonds. The number of ether oxygens (including phenoxy) is 1. The van der Waals surface area contributed by atoms with E-state index in [-0.39, 0.29) is 0 Å². The largest absolute Gasteiger partial charge is 0.467 e. The lowest BCUT2D eigenvalue weighted by atomic mass is 9.91. The van der Waals surface area contributed by atoms with Gasteiger partial charge in [-0.1, -0.05) is 18.2 Å². The maximum atomic E-state index is 11.5. The van der Waals surface area contributed by atoms with Gasteiger partial charge in [0.15, 0.2) is 0 Å². The van der Waals surface area contributed by atoms with E-state index in [0.29, 0.717) is 0 Å². The maximum absolute atomic E-state index is 11.5. The van der Waals surface area contributed by atoms with Crippen molar-refractivity contribution in [1.82, 2.24) is 0 Å². The first-order chi connectivity index (χ1) is 6.89. The number of rotatable bonds is 2. The summed E-state index contributed by atoms with van der Waals surface area (Å²) in [6.45, 7) is 5.67. The summed E-state index contributed by atoms with van der Waals surface area (Å²) >= 11 is 0. The summed E-state index contributed by atoms with van der Waals surface area (Å²) in [6.07, 6.45) is 0. The molecule has 0 heterocycles. The van der Waals surface area contributed by atoms with Crippen LogP contribution in [-0.4, -0.2) is 13.1 Å². The molecule has 0 aromatic heterocycles. The van der Waals surface area contributed by atoms with Gasteiger partial charge in [0, 0.05) is 0 Å². The van der Waals surface area contributed by atoms with Crippen molar-refractivity contribution in [2.75, 3.05) is 7.11 Å². The van der Waals surface area contributed by atoms with Crippen LogP contribution in [-0.2, 0) is 15.1 Å². The van der Waals surface area contributed by atoms with E-state index in [0.717, 1.165) is 11.1 Å². The van der Waals surface area contributed by atoms with Gasteiger partial charge < -0.3 is 10.5 Å². The number of aryl methyl sites for hydroxylation is 2. The number of carbonyl (C=O) groups is 1. The zero-order chi connectivity index (χ0) is 11.6. The Balaban J connectivity index is 3.16. The molecule has 0 bridgehead atoms. The summed E-state index contributed by atoms with van der Waals surface area (Å²) in [5.74, 6) is -0.425. The van der Waals surface area contributed by atoms with Crippen LogP contribution in [0.5, 0.6) is 0 Å². The fourth-order valence-electron chi connectivity index (χ4n) is 1.39. The van der Waals surface area contributed by atoms with E-state index in [1.54, 1.807) is 6.92 Å². The van der Waals surface area contributed by atoms with E-state index >= 15 is 0 Å². The van der Waals surface area contributed by atoms with Crippen LogP contribution in [0.2, 0.25) is 0 Å². The normalized spacial score (nSPS) is 14.5. The Kier molecular flexibility index (Phi) is 3.15. The van der Waals surface area contributed by atoms with E-state index < -0.39 is 11.5 Å². The Morgan fingerprint density at radius 1 is 1.33 bits per heavy atom. The molecule has 0 aliphatic carbocycles. The summed E-state index contributed by atoms with van der Waals surface area (Å²) in [5, 5.41) is 0. The lowest BCUT2D eigenvalue weighted by Crippen LogP contribution is -2.42. The average Bonchev–Trinajstić information content (AvgIpc) is 2.20. The molecule has 1 unspecified atom stereocenters. The number of esters is 1. The van der Waals surface area contributed by atoms with Crippen molar-refractivity contribution < 1.29 is 9.53 Å². The number of carbonyl (C=O) groups excluding carboxylic acids is 1. The van der Waals surface area contributed by atoms with E-state index in [2.05, 4.69) is 4.74 Å². The summed E-state index contributed by atoms with van der Waals surface area (Å²) in [7, 11) is 1.34. The third-order valence-electron chi connectivity index (χ3n) is 2.72. The van der Waals surface area contributed by atoms with Crippen LogP contribution >= 0.6 is 0 Å². The van der Waals surface area contributed by atoms with Crippen LogP contribution in [0.25, 0.3) is 0 Å². The Hall–Kier alpha value is -1.35. The van der Waals surface area contributed by atoms with Crippen LogP contribution in [0.4, 0.5) is 0 Å². The molecule has 0 radical (unpaired) electrons. The highest BCUT2D eigenvalue weighted by atomic mass is 16.5. The monoisotopic (exact) mass is 207 g/mol. The lowest BCUT2D eigenvalue weighted by molar-refractivity contribution is -0.146. The molecular formula is C12H17NO2. The molecule has 15 heavy (non-hydrogen) atoms. The van der Waals surface area contributed by atoms with Gasteiger partial charge in [0.25, 0.3) is 0 Å². The van der Waals surface area contributed by atoms with Crippen molar-refractivity contribution in [2.24, 2.45) is 5.73 Å². The first-order valence-electron chi connectivity index (χ1n) is 4.84. The van der Waals surface area contributed by atoms with Crippen molar-refractivity contribution in [1.29, 1.82) is 0 Å². The minimum absolute atomic E-state index is 0.425. The molecular weight excluding hydrogens is 190 g/mol. The second-order valence-corrected chi connectivity index (χ2v) is 3.99. The number of hydrogen-bond acceptors (Lipinski definition) is 3. The zero-order valence-electron chi connectivity index (χ0n) is 9.63. The second kappa shape index (κ2) is 4.03. The van der Waals surface area contributed by atoms with Crippen LogP contribution in [0, 0.1) is 13.8 Å². The molecule has 82 valence electrons. The Bertz CT molecular complexity index is 383. The van der Waals surface area contributed by atoms with Gasteiger partial charge in [-0.3, -0.25) is 0 Å². The molecule has 1 rings (SSSR count). The van der Waals surface area contributed by atoms with Gasteiger partial charge in [0.1, 0.15) is 5.54 Å². The van der Waals surface area contributed by atoms with Gasteiger partial charge in [-0.15, -0.1) is 0 Å². The van der Waals surface area contributed by atoms with Crippen molar-refractivity contribution in [3.8, 4) is 0 Å². The molecule has 0 saturated carbocycles. The smallest absolute Gasteiger partial charge is 0.330 e. The highest BCUT2D eigenvalue weighted by Gasteiger charge is 2.31. The van der Waals surface area contributed by atoms with Crippen molar-refractivity contribution in [3.63, 3.8) is 0 Å². The minimum Gasteiger partial charge on any atom is -0.467 e. The number of methoxy groups -OCH3 is 1.